The summed E-state index contributed by atoms with van der Waals surface area (Å²) in [5, 5.41) is 0. The quantitative estimate of drug-likeness (QED) is 0.726. The molecular formula is C15H24Ca2. The standard InChI is InChI=1S/C15H24.2Ca/c1-10(2)13-7-14(11(3)4)9-15(8-13)12(5)6;;/h7-12H,1-6H3;;. The molecule has 0 saturated heterocycles. The van der Waals surface area contributed by atoms with Crippen molar-refractivity contribution in [1.29, 1.82) is 0 Å². The Morgan fingerprint density at radius 1 is 0.529 bits per heavy atom. The zero-order valence-corrected chi connectivity index (χ0v) is 16.8. The average molecular weight is 285 g/mol. The van der Waals surface area contributed by atoms with Gasteiger partial charge in [0.05, 0.1) is 0 Å². The molecular weight excluding hydrogens is 260 g/mol. The van der Waals surface area contributed by atoms with Crippen molar-refractivity contribution in [3.8, 4) is 0 Å². The van der Waals surface area contributed by atoms with Crippen LogP contribution < -0.4 is 0 Å². The summed E-state index contributed by atoms with van der Waals surface area (Å²) in [7, 11) is 0. The molecule has 0 saturated carbocycles. The van der Waals surface area contributed by atoms with Gasteiger partial charge in [-0.15, -0.1) is 0 Å². The Hall–Kier alpha value is 1.74. The SMILES string of the molecule is CC(C)c1cc(C(C)C)cc(C(C)C)c1.[Ca].[Ca]. The number of benzene rings is 1. The summed E-state index contributed by atoms with van der Waals surface area (Å²) < 4.78 is 0. The van der Waals surface area contributed by atoms with E-state index < -0.39 is 0 Å². The van der Waals surface area contributed by atoms with Crippen LogP contribution in [0.15, 0.2) is 18.2 Å². The molecule has 0 N–H and O–H groups in total. The van der Waals surface area contributed by atoms with Gasteiger partial charge in [0.2, 0.25) is 0 Å². The van der Waals surface area contributed by atoms with Crippen LogP contribution in [-0.4, -0.2) is 75.5 Å². The van der Waals surface area contributed by atoms with Gasteiger partial charge in [-0.25, -0.2) is 0 Å². The topological polar surface area (TPSA) is 0 Å². The van der Waals surface area contributed by atoms with Crippen LogP contribution in [0, 0.1) is 0 Å². The molecule has 0 aliphatic rings. The van der Waals surface area contributed by atoms with E-state index in [0.717, 1.165) is 0 Å². The van der Waals surface area contributed by atoms with E-state index in [1.807, 2.05) is 0 Å². The molecule has 1 aromatic rings. The third-order valence-electron chi connectivity index (χ3n) is 3.00. The molecule has 1 rings (SSSR count). The Bertz CT molecular complexity index is 263. The summed E-state index contributed by atoms with van der Waals surface area (Å²) in [4.78, 5) is 0. The molecule has 17 heavy (non-hydrogen) atoms. The molecule has 0 aliphatic carbocycles. The second kappa shape index (κ2) is 9.61. The van der Waals surface area contributed by atoms with Crippen LogP contribution in [0.1, 0.15) is 76.0 Å². The zero-order chi connectivity index (χ0) is 11.6. The largest absolute Gasteiger partial charge is 0.0587 e. The molecule has 0 bridgehead atoms. The van der Waals surface area contributed by atoms with E-state index in [2.05, 4.69) is 59.7 Å². The van der Waals surface area contributed by atoms with Gasteiger partial charge in [-0.05, 0) is 34.4 Å². The third kappa shape index (κ3) is 6.63. The predicted octanol–water partition coefficient (Wildman–Crippen LogP) is 4.30. The van der Waals surface area contributed by atoms with Gasteiger partial charge in [0.15, 0.2) is 0 Å². The van der Waals surface area contributed by atoms with Crippen LogP contribution in [0.25, 0.3) is 0 Å². The van der Waals surface area contributed by atoms with Crippen LogP contribution >= 0.6 is 0 Å². The first-order valence-electron chi connectivity index (χ1n) is 6.06. The fraction of sp³-hybridized carbons (Fsp3) is 0.600. The summed E-state index contributed by atoms with van der Waals surface area (Å²) >= 11 is 0. The maximum Gasteiger partial charge on any atom is 0 e. The van der Waals surface area contributed by atoms with Gasteiger partial charge in [-0.2, -0.15) is 0 Å². The van der Waals surface area contributed by atoms with Gasteiger partial charge in [0.1, 0.15) is 0 Å². The Kier molecular flexibility index (Phi) is 11.9. The summed E-state index contributed by atoms with van der Waals surface area (Å²) in [6.07, 6.45) is 0. The molecule has 0 spiro atoms. The normalized spacial score (nSPS) is 10.4. The zero-order valence-electron chi connectivity index (χ0n) is 12.4. The van der Waals surface area contributed by atoms with Crippen LogP contribution in [-0.2, 0) is 0 Å². The van der Waals surface area contributed by atoms with E-state index in [0.29, 0.717) is 17.8 Å². The number of rotatable bonds is 3. The van der Waals surface area contributed by atoms with E-state index in [1.54, 1.807) is 0 Å². The van der Waals surface area contributed by atoms with Crippen molar-refractivity contribution < 1.29 is 0 Å². The van der Waals surface area contributed by atoms with Gasteiger partial charge in [0, 0.05) is 75.5 Å². The van der Waals surface area contributed by atoms with Crippen molar-refractivity contribution in [3.05, 3.63) is 34.9 Å². The minimum Gasteiger partial charge on any atom is -0.0587 e. The molecule has 0 fully saturated rings. The van der Waals surface area contributed by atoms with Crippen molar-refractivity contribution in [2.24, 2.45) is 0 Å². The first-order chi connectivity index (χ1) is 6.91. The molecule has 4 radical (unpaired) electrons. The van der Waals surface area contributed by atoms with Crippen LogP contribution in [0.5, 0.6) is 0 Å². The van der Waals surface area contributed by atoms with E-state index in [-0.39, 0.29) is 75.5 Å². The minimum absolute atomic E-state index is 0. The van der Waals surface area contributed by atoms with Crippen molar-refractivity contribution in [3.63, 3.8) is 0 Å². The third-order valence-corrected chi connectivity index (χ3v) is 3.00. The molecule has 0 atom stereocenters. The summed E-state index contributed by atoms with van der Waals surface area (Å²) in [5.41, 5.74) is 4.43. The van der Waals surface area contributed by atoms with Crippen LogP contribution in [0.3, 0.4) is 0 Å². The maximum atomic E-state index is 2.36. The summed E-state index contributed by atoms with van der Waals surface area (Å²) in [6, 6.07) is 7.09. The van der Waals surface area contributed by atoms with Gasteiger partial charge in [-0.1, -0.05) is 59.7 Å². The second-order valence-corrected chi connectivity index (χ2v) is 5.40. The molecule has 0 aromatic heterocycles. The smallest absolute Gasteiger partial charge is 0 e. The molecule has 1 aromatic carbocycles. The number of hydrogen-bond acceptors (Lipinski definition) is 0. The van der Waals surface area contributed by atoms with Crippen molar-refractivity contribution in [1.82, 2.24) is 0 Å². The first kappa shape index (κ1) is 21.0. The van der Waals surface area contributed by atoms with Crippen LogP contribution in [0.4, 0.5) is 0 Å². The molecule has 88 valence electrons. The van der Waals surface area contributed by atoms with Crippen molar-refractivity contribution >= 4 is 75.5 Å². The Morgan fingerprint density at radius 3 is 0.824 bits per heavy atom. The minimum atomic E-state index is 0. The monoisotopic (exact) mass is 284 g/mol. The predicted molar refractivity (Wildman–Crippen MR) is 80.2 cm³/mol. The molecule has 0 unspecified atom stereocenters. The fourth-order valence-electron chi connectivity index (χ4n) is 1.70. The average Bonchev–Trinajstić information content (AvgIpc) is 2.16. The van der Waals surface area contributed by atoms with Crippen molar-refractivity contribution in [2.45, 2.75) is 59.3 Å². The van der Waals surface area contributed by atoms with Gasteiger partial charge >= 0.3 is 0 Å². The first-order valence-corrected chi connectivity index (χ1v) is 6.06. The Morgan fingerprint density at radius 2 is 0.706 bits per heavy atom. The summed E-state index contributed by atoms with van der Waals surface area (Å²) in [5.74, 6) is 1.88. The van der Waals surface area contributed by atoms with E-state index in [9.17, 15) is 0 Å². The Labute approximate surface area is 167 Å². The Balaban J connectivity index is 0. The fourth-order valence-corrected chi connectivity index (χ4v) is 1.70. The van der Waals surface area contributed by atoms with E-state index in [1.165, 1.54) is 16.7 Å². The molecule has 2 heteroatoms. The van der Waals surface area contributed by atoms with Crippen molar-refractivity contribution in [2.75, 3.05) is 0 Å². The van der Waals surface area contributed by atoms with Gasteiger partial charge < -0.3 is 0 Å². The second-order valence-electron chi connectivity index (χ2n) is 5.40. The molecule has 0 aliphatic heterocycles. The van der Waals surface area contributed by atoms with Gasteiger partial charge in [-0.3, -0.25) is 0 Å². The molecule has 0 heterocycles. The summed E-state index contributed by atoms with van der Waals surface area (Å²) in [6.45, 7) is 13.6. The molecule has 0 nitrogen and oxygen atoms in total. The van der Waals surface area contributed by atoms with Gasteiger partial charge in [0.25, 0.3) is 0 Å². The maximum absolute atomic E-state index is 2.36. The van der Waals surface area contributed by atoms with Crippen LogP contribution in [0.2, 0.25) is 0 Å². The number of hydrogen-bond donors (Lipinski definition) is 0. The molecule has 0 amide bonds. The van der Waals surface area contributed by atoms with E-state index >= 15 is 0 Å². The van der Waals surface area contributed by atoms with E-state index in [4.69, 9.17) is 0 Å².